The van der Waals surface area contributed by atoms with Crippen LogP contribution in [0.3, 0.4) is 0 Å². The summed E-state index contributed by atoms with van der Waals surface area (Å²) in [7, 11) is 0. The van der Waals surface area contributed by atoms with Gasteiger partial charge in [-0.25, -0.2) is 0 Å². The predicted octanol–water partition coefficient (Wildman–Crippen LogP) is 0.115. The summed E-state index contributed by atoms with van der Waals surface area (Å²) in [5, 5.41) is 0. The minimum atomic E-state index is -0.280. The van der Waals surface area contributed by atoms with Gasteiger partial charge < -0.3 is 10.5 Å². The van der Waals surface area contributed by atoms with Crippen molar-refractivity contribution < 1.29 is 9.53 Å². The second-order valence-electron chi connectivity index (χ2n) is 4.20. The monoisotopic (exact) mass is 198 g/mol. The molecule has 4 heteroatoms. The van der Waals surface area contributed by atoms with Crippen LogP contribution in [0.1, 0.15) is 25.7 Å². The number of carbonyl (C=O) groups excluding carboxylic acids is 1. The number of hydrogen-bond donors (Lipinski definition) is 1. The van der Waals surface area contributed by atoms with Crippen LogP contribution in [-0.4, -0.2) is 42.6 Å². The van der Waals surface area contributed by atoms with E-state index in [2.05, 4.69) is 4.90 Å². The highest BCUT2D eigenvalue weighted by Gasteiger charge is 2.39. The Balaban J connectivity index is 1.54. The van der Waals surface area contributed by atoms with Crippen LogP contribution in [-0.2, 0) is 9.53 Å². The Bertz CT molecular complexity index is 216. The highest BCUT2D eigenvalue weighted by atomic mass is 16.5. The van der Waals surface area contributed by atoms with E-state index in [0.29, 0.717) is 19.1 Å². The minimum absolute atomic E-state index is 0.280. The van der Waals surface area contributed by atoms with Gasteiger partial charge >= 0.3 is 0 Å². The van der Waals surface area contributed by atoms with E-state index in [1.807, 2.05) is 0 Å². The van der Waals surface area contributed by atoms with Gasteiger partial charge in [0, 0.05) is 25.0 Å². The summed E-state index contributed by atoms with van der Waals surface area (Å²) in [4.78, 5) is 13.0. The molecule has 1 atom stereocenters. The molecule has 4 nitrogen and oxygen atoms in total. The Morgan fingerprint density at radius 2 is 2.21 bits per heavy atom. The second kappa shape index (κ2) is 4.28. The predicted molar refractivity (Wildman–Crippen MR) is 52.8 cm³/mol. The Morgan fingerprint density at radius 1 is 1.43 bits per heavy atom. The minimum Gasteiger partial charge on any atom is -0.379 e. The van der Waals surface area contributed by atoms with Crippen molar-refractivity contribution in [2.75, 3.05) is 19.8 Å². The summed E-state index contributed by atoms with van der Waals surface area (Å²) in [6, 6.07) is 1.45. The normalized spacial score (nSPS) is 27.3. The van der Waals surface area contributed by atoms with Gasteiger partial charge in [-0.05, 0) is 19.3 Å². The van der Waals surface area contributed by atoms with Gasteiger partial charge in [0.05, 0.1) is 13.2 Å². The number of ether oxygens (including phenoxy) is 1. The molecule has 1 aliphatic heterocycles. The summed E-state index contributed by atoms with van der Waals surface area (Å²) in [5.41, 5.74) is 5.01. The van der Waals surface area contributed by atoms with Crippen molar-refractivity contribution in [3.05, 3.63) is 0 Å². The quantitative estimate of drug-likeness (QED) is 0.616. The van der Waals surface area contributed by atoms with Gasteiger partial charge in [-0.15, -0.1) is 0 Å². The molecular formula is C10H18N2O2. The zero-order chi connectivity index (χ0) is 9.97. The fourth-order valence-corrected chi connectivity index (χ4v) is 1.92. The standard InChI is InChI=1S/C10H18N2O2/c11-10(13)4-6-14-7-9-3-5-12(9)8-1-2-8/h8-9H,1-7H2,(H2,11,13). The summed E-state index contributed by atoms with van der Waals surface area (Å²) in [5.74, 6) is -0.280. The largest absolute Gasteiger partial charge is 0.379 e. The van der Waals surface area contributed by atoms with Crippen LogP contribution in [0.15, 0.2) is 0 Å². The van der Waals surface area contributed by atoms with Gasteiger partial charge in [0.1, 0.15) is 0 Å². The maximum atomic E-state index is 10.4. The number of amides is 1. The van der Waals surface area contributed by atoms with Crippen molar-refractivity contribution in [1.29, 1.82) is 0 Å². The van der Waals surface area contributed by atoms with E-state index in [1.165, 1.54) is 25.8 Å². The molecule has 1 aliphatic carbocycles. The average Bonchev–Trinajstić information content (AvgIpc) is 2.85. The molecule has 1 saturated heterocycles. The first kappa shape index (κ1) is 9.93. The molecule has 2 N–H and O–H groups in total. The smallest absolute Gasteiger partial charge is 0.219 e. The number of nitrogens with zero attached hydrogens (tertiary/aromatic N) is 1. The lowest BCUT2D eigenvalue weighted by molar-refractivity contribution is -0.119. The SMILES string of the molecule is NC(=O)CCOCC1CCN1C1CC1. The molecule has 0 aromatic heterocycles. The van der Waals surface area contributed by atoms with Crippen molar-refractivity contribution in [2.45, 2.75) is 37.8 Å². The Morgan fingerprint density at radius 3 is 2.71 bits per heavy atom. The summed E-state index contributed by atoms with van der Waals surface area (Å²) < 4.78 is 5.41. The van der Waals surface area contributed by atoms with Crippen LogP contribution in [0.5, 0.6) is 0 Å². The number of primary amides is 1. The van der Waals surface area contributed by atoms with E-state index in [-0.39, 0.29) is 5.91 Å². The maximum Gasteiger partial charge on any atom is 0.219 e. The number of likely N-dealkylation sites (tertiary alicyclic amines) is 1. The zero-order valence-electron chi connectivity index (χ0n) is 8.45. The summed E-state index contributed by atoms with van der Waals surface area (Å²) in [6.07, 6.45) is 4.30. The molecular weight excluding hydrogens is 180 g/mol. The first-order valence-electron chi connectivity index (χ1n) is 5.39. The van der Waals surface area contributed by atoms with E-state index in [0.717, 1.165) is 12.6 Å². The van der Waals surface area contributed by atoms with Crippen LogP contribution in [0.2, 0.25) is 0 Å². The van der Waals surface area contributed by atoms with Gasteiger partial charge in [0.25, 0.3) is 0 Å². The van der Waals surface area contributed by atoms with E-state index in [9.17, 15) is 4.79 Å². The van der Waals surface area contributed by atoms with Gasteiger partial charge in [-0.1, -0.05) is 0 Å². The van der Waals surface area contributed by atoms with Gasteiger partial charge in [0.15, 0.2) is 0 Å². The summed E-state index contributed by atoms with van der Waals surface area (Å²) in [6.45, 7) is 2.47. The van der Waals surface area contributed by atoms with E-state index in [1.54, 1.807) is 0 Å². The van der Waals surface area contributed by atoms with Crippen molar-refractivity contribution in [3.63, 3.8) is 0 Å². The number of hydrogen-bond acceptors (Lipinski definition) is 3. The fourth-order valence-electron chi connectivity index (χ4n) is 1.92. The first-order valence-corrected chi connectivity index (χ1v) is 5.39. The lowest BCUT2D eigenvalue weighted by Crippen LogP contribution is -2.51. The van der Waals surface area contributed by atoms with Crippen LogP contribution < -0.4 is 5.73 Å². The van der Waals surface area contributed by atoms with E-state index in [4.69, 9.17) is 10.5 Å². The van der Waals surface area contributed by atoms with Gasteiger partial charge in [-0.3, -0.25) is 9.69 Å². The molecule has 0 aromatic rings. The molecule has 2 aliphatic rings. The highest BCUT2D eigenvalue weighted by Crippen LogP contribution is 2.34. The third-order valence-electron chi connectivity index (χ3n) is 3.01. The lowest BCUT2D eigenvalue weighted by Gasteiger charge is -2.41. The number of rotatable bonds is 6. The molecule has 1 unspecified atom stereocenters. The summed E-state index contributed by atoms with van der Waals surface area (Å²) >= 11 is 0. The fraction of sp³-hybridized carbons (Fsp3) is 0.900. The lowest BCUT2D eigenvalue weighted by atomic mass is 10.0. The molecule has 80 valence electrons. The van der Waals surface area contributed by atoms with Crippen LogP contribution in [0, 0.1) is 0 Å². The molecule has 14 heavy (non-hydrogen) atoms. The van der Waals surface area contributed by atoms with Crippen molar-refractivity contribution in [2.24, 2.45) is 5.73 Å². The average molecular weight is 198 g/mol. The van der Waals surface area contributed by atoms with Crippen LogP contribution in [0.4, 0.5) is 0 Å². The molecule has 2 fully saturated rings. The molecule has 2 rings (SSSR count). The molecule has 0 spiro atoms. The number of carbonyl (C=O) groups is 1. The third kappa shape index (κ3) is 2.45. The van der Waals surface area contributed by atoms with E-state index < -0.39 is 0 Å². The number of nitrogens with two attached hydrogens (primary N) is 1. The van der Waals surface area contributed by atoms with E-state index >= 15 is 0 Å². The van der Waals surface area contributed by atoms with Crippen molar-refractivity contribution in [1.82, 2.24) is 4.90 Å². The van der Waals surface area contributed by atoms with Crippen molar-refractivity contribution >= 4 is 5.91 Å². The molecule has 1 heterocycles. The maximum absolute atomic E-state index is 10.4. The molecule has 0 bridgehead atoms. The molecule has 1 saturated carbocycles. The van der Waals surface area contributed by atoms with Gasteiger partial charge in [-0.2, -0.15) is 0 Å². The van der Waals surface area contributed by atoms with Crippen molar-refractivity contribution in [3.8, 4) is 0 Å². The Kier molecular flexibility index (Phi) is 3.03. The van der Waals surface area contributed by atoms with Crippen LogP contribution >= 0.6 is 0 Å². The third-order valence-corrected chi connectivity index (χ3v) is 3.01. The Hall–Kier alpha value is -0.610. The van der Waals surface area contributed by atoms with Gasteiger partial charge in [0.2, 0.25) is 5.91 Å². The molecule has 1 amide bonds. The zero-order valence-corrected chi connectivity index (χ0v) is 8.45. The highest BCUT2D eigenvalue weighted by molar-refractivity contribution is 5.73. The van der Waals surface area contributed by atoms with Crippen LogP contribution in [0.25, 0.3) is 0 Å². The first-order chi connectivity index (χ1) is 6.77. The molecule has 0 aromatic carbocycles. The topological polar surface area (TPSA) is 55.6 Å². The molecule has 0 radical (unpaired) electrons. The Labute approximate surface area is 84.4 Å². The second-order valence-corrected chi connectivity index (χ2v) is 4.20.